The van der Waals surface area contributed by atoms with Crippen LogP contribution in [0.15, 0.2) is 34.2 Å². The van der Waals surface area contributed by atoms with Crippen LogP contribution in [-0.4, -0.2) is 95.1 Å². The monoisotopic (exact) mass is 789 g/mol. The second-order valence-corrected chi connectivity index (χ2v) is 14.5. The number of esters is 1. The number of benzene rings is 1. The second-order valence-electron chi connectivity index (χ2n) is 12.8. The quantitative estimate of drug-likeness (QED) is 0.0196. The third-order valence-electron chi connectivity index (χ3n) is 8.56. The highest BCUT2D eigenvalue weighted by molar-refractivity contribution is 8.26. The first-order valence-electron chi connectivity index (χ1n) is 18.2. The molecule has 0 radical (unpaired) electrons. The summed E-state index contributed by atoms with van der Waals surface area (Å²) in [6, 6.07) is 2.52. The summed E-state index contributed by atoms with van der Waals surface area (Å²) in [5, 5.41) is 8.15. The molecule has 11 N–H and O–H groups in total. The van der Waals surface area contributed by atoms with Crippen LogP contribution in [0.5, 0.6) is 0 Å². The van der Waals surface area contributed by atoms with Gasteiger partial charge in [0.2, 0.25) is 17.7 Å². The molecule has 0 aromatic heterocycles. The van der Waals surface area contributed by atoms with Gasteiger partial charge in [-0.3, -0.25) is 33.9 Å². The molecule has 1 aromatic rings. The third-order valence-corrected chi connectivity index (χ3v) is 9.89. The van der Waals surface area contributed by atoms with Gasteiger partial charge in [0.25, 0.3) is 11.8 Å². The zero-order valence-electron chi connectivity index (χ0n) is 31.3. The van der Waals surface area contributed by atoms with Gasteiger partial charge >= 0.3 is 5.97 Å². The van der Waals surface area contributed by atoms with Crippen LogP contribution in [0.3, 0.4) is 0 Å². The molecule has 1 heterocycles. The number of amides is 5. The lowest BCUT2D eigenvalue weighted by Crippen LogP contribution is -2.56. The van der Waals surface area contributed by atoms with E-state index in [4.69, 9.17) is 39.9 Å². The molecule has 298 valence electrons. The molecule has 1 fully saturated rings. The molecule has 4 atom stereocenters. The highest BCUT2D eigenvalue weighted by Crippen LogP contribution is 2.35. The molecule has 1 unspecified atom stereocenters. The number of thiocarbonyl (C=S) groups is 1. The van der Waals surface area contributed by atoms with Gasteiger partial charge in [-0.2, -0.15) is 0 Å². The van der Waals surface area contributed by atoms with Crippen molar-refractivity contribution in [1.29, 1.82) is 0 Å². The lowest BCUT2D eigenvalue weighted by Gasteiger charge is -2.25. The smallest absolute Gasteiger partial charge is 0.329 e. The van der Waals surface area contributed by atoms with Gasteiger partial charge in [-0.25, -0.2) is 4.79 Å². The number of rotatable bonds is 24. The molecule has 0 bridgehead atoms. The standard InChI is InChI=1S/C36H55N9O7S2/c1-4-6-11-24(29(38)46)42-31(48)25(12-8-9-19-37)44-32(49)26(13-10-20-41-35(39)40)43-30(47)23-17-15-22(16-18-23)21-28-33(50)45(36(53)54-28)27(14-7-5-2)34(51)52-3/h15-18,21,24-27H,4-14,19-20,37H2,1-3H3,(H2,38,46)(H,42,48)(H,43,47)(H,44,49)(H4,39,40,41)/b28-21-/t24-,25-,26-,27?/m0/s1. The van der Waals surface area contributed by atoms with Crippen molar-refractivity contribution < 1.29 is 33.5 Å². The Bertz CT molecular complexity index is 1530. The maximum Gasteiger partial charge on any atom is 0.329 e. The van der Waals surface area contributed by atoms with E-state index in [0.717, 1.165) is 24.6 Å². The van der Waals surface area contributed by atoms with Crippen LogP contribution >= 0.6 is 24.0 Å². The fourth-order valence-electron chi connectivity index (χ4n) is 5.53. The minimum Gasteiger partial charge on any atom is -0.467 e. The summed E-state index contributed by atoms with van der Waals surface area (Å²) in [5.74, 6) is -3.49. The summed E-state index contributed by atoms with van der Waals surface area (Å²) in [5.41, 5.74) is 22.9. The number of hydrogen-bond acceptors (Lipinski definition) is 11. The Morgan fingerprint density at radius 2 is 1.43 bits per heavy atom. The molecule has 1 saturated heterocycles. The summed E-state index contributed by atoms with van der Waals surface area (Å²) < 4.78 is 5.18. The lowest BCUT2D eigenvalue weighted by molar-refractivity contribution is -0.148. The molecule has 1 aliphatic heterocycles. The SMILES string of the molecule is CCCCC(C(=O)OC)N1C(=O)/C(=C/c2ccc(C(=O)N[C@@H](CCCN=C(N)N)C(=O)N[C@@H](CCCCN)C(=O)N[C@@H](CCCC)C(N)=O)cc2)SC1=S. The fourth-order valence-corrected chi connectivity index (χ4v) is 6.89. The van der Waals surface area contributed by atoms with Crippen molar-refractivity contribution in [2.45, 2.75) is 109 Å². The molecular weight excluding hydrogens is 735 g/mol. The van der Waals surface area contributed by atoms with Gasteiger partial charge in [0.1, 0.15) is 28.5 Å². The van der Waals surface area contributed by atoms with Crippen molar-refractivity contribution in [3.8, 4) is 0 Å². The van der Waals surface area contributed by atoms with Crippen LogP contribution in [0.25, 0.3) is 6.08 Å². The number of guanidine groups is 1. The Morgan fingerprint density at radius 3 is 2.00 bits per heavy atom. The Labute approximate surface area is 326 Å². The lowest BCUT2D eigenvalue weighted by atomic mass is 10.0. The highest BCUT2D eigenvalue weighted by atomic mass is 32.2. The van der Waals surface area contributed by atoms with Gasteiger partial charge in [-0.15, -0.1) is 0 Å². The van der Waals surface area contributed by atoms with Gasteiger partial charge in [0, 0.05) is 12.1 Å². The van der Waals surface area contributed by atoms with Crippen LogP contribution in [0.2, 0.25) is 0 Å². The van der Waals surface area contributed by atoms with Crippen LogP contribution in [0, 0.1) is 0 Å². The number of methoxy groups -OCH3 is 1. The van der Waals surface area contributed by atoms with Crippen LogP contribution in [-0.2, 0) is 28.7 Å². The minimum absolute atomic E-state index is 0.120. The number of nitrogens with one attached hydrogen (secondary N) is 3. The van der Waals surface area contributed by atoms with Crippen molar-refractivity contribution in [2.24, 2.45) is 27.9 Å². The number of hydrogen-bond donors (Lipinski definition) is 7. The molecule has 5 amide bonds. The van der Waals surface area contributed by atoms with Crippen LogP contribution in [0.4, 0.5) is 0 Å². The predicted molar refractivity (Wildman–Crippen MR) is 213 cm³/mol. The van der Waals surface area contributed by atoms with E-state index in [9.17, 15) is 28.8 Å². The van der Waals surface area contributed by atoms with Crippen molar-refractivity contribution in [3.05, 3.63) is 40.3 Å². The predicted octanol–water partition coefficient (Wildman–Crippen LogP) is 1.55. The molecule has 1 aliphatic rings. The summed E-state index contributed by atoms with van der Waals surface area (Å²) >= 11 is 6.53. The van der Waals surface area contributed by atoms with Crippen molar-refractivity contribution in [3.63, 3.8) is 0 Å². The zero-order valence-corrected chi connectivity index (χ0v) is 32.9. The van der Waals surface area contributed by atoms with Crippen LogP contribution < -0.4 is 38.9 Å². The van der Waals surface area contributed by atoms with Crippen molar-refractivity contribution >= 4 is 75.8 Å². The molecule has 1 aromatic carbocycles. The molecule has 2 rings (SSSR count). The number of nitrogens with two attached hydrogens (primary N) is 4. The summed E-state index contributed by atoms with van der Waals surface area (Å²) in [4.78, 5) is 83.9. The van der Waals surface area contributed by atoms with Gasteiger partial charge in [0.05, 0.1) is 12.0 Å². The molecule has 16 nitrogen and oxygen atoms in total. The number of primary amides is 1. The van der Waals surface area contributed by atoms with E-state index in [0.29, 0.717) is 62.0 Å². The molecule has 54 heavy (non-hydrogen) atoms. The summed E-state index contributed by atoms with van der Waals surface area (Å²) in [7, 11) is 1.27. The minimum atomic E-state index is -1.08. The maximum absolute atomic E-state index is 13.7. The van der Waals surface area contributed by atoms with Gasteiger partial charge in [-0.1, -0.05) is 75.6 Å². The largest absolute Gasteiger partial charge is 0.467 e. The Morgan fingerprint density at radius 1 is 0.852 bits per heavy atom. The normalized spacial score (nSPS) is 15.6. The van der Waals surface area contributed by atoms with Crippen molar-refractivity contribution in [2.75, 3.05) is 20.2 Å². The third kappa shape index (κ3) is 14.7. The first kappa shape index (κ1) is 45.6. The number of carbonyl (C=O) groups is 6. The topological polar surface area (TPSA) is 267 Å². The first-order valence-corrected chi connectivity index (χ1v) is 19.4. The molecule has 0 spiro atoms. The molecule has 18 heteroatoms. The number of nitrogens with zero attached hydrogens (tertiary/aromatic N) is 2. The average Bonchev–Trinajstić information content (AvgIpc) is 3.41. The average molecular weight is 790 g/mol. The Kier molecular flexibility index (Phi) is 20.3. The number of unbranched alkanes of at least 4 members (excludes halogenated alkanes) is 3. The molecule has 0 saturated carbocycles. The van der Waals surface area contributed by atoms with E-state index < -0.39 is 59.7 Å². The number of ether oxygens (including phenoxy) is 1. The van der Waals surface area contributed by atoms with Gasteiger partial charge < -0.3 is 43.6 Å². The number of thioether (sulfide) groups is 1. The summed E-state index contributed by atoms with van der Waals surface area (Å²) in [6.45, 7) is 4.51. The second kappa shape index (κ2) is 24.0. The fraction of sp³-hybridized carbons (Fsp3) is 0.556. The molecular formula is C36H55N9O7S2. The van der Waals surface area contributed by atoms with Gasteiger partial charge in [0.15, 0.2) is 5.96 Å². The zero-order chi connectivity index (χ0) is 40.2. The van der Waals surface area contributed by atoms with E-state index in [1.807, 2.05) is 13.8 Å². The van der Waals surface area contributed by atoms with Crippen LogP contribution in [0.1, 0.15) is 100 Å². The van der Waals surface area contributed by atoms with E-state index in [2.05, 4.69) is 20.9 Å². The molecule has 0 aliphatic carbocycles. The van der Waals surface area contributed by atoms with E-state index in [1.54, 1.807) is 18.2 Å². The first-order chi connectivity index (χ1) is 25.8. The van der Waals surface area contributed by atoms with E-state index >= 15 is 0 Å². The number of aliphatic imine (C=N–C) groups is 1. The van der Waals surface area contributed by atoms with E-state index in [-0.39, 0.29) is 35.2 Å². The summed E-state index contributed by atoms with van der Waals surface area (Å²) in [6.07, 6.45) is 7.21. The Balaban J connectivity index is 2.26. The maximum atomic E-state index is 13.7. The highest BCUT2D eigenvalue weighted by Gasteiger charge is 2.40. The van der Waals surface area contributed by atoms with Gasteiger partial charge in [-0.05, 0) is 75.3 Å². The van der Waals surface area contributed by atoms with Crippen molar-refractivity contribution in [1.82, 2.24) is 20.9 Å². The Hall–Kier alpha value is -4.55. The number of carbonyl (C=O) groups excluding carboxylic acids is 6. The van der Waals surface area contributed by atoms with E-state index in [1.165, 1.54) is 24.1 Å².